The average molecular weight is 374 g/mol. The van der Waals surface area contributed by atoms with E-state index in [0.29, 0.717) is 34.4 Å². The Morgan fingerprint density at radius 1 is 1.15 bits per heavy atom. The highest BCUT2D eigenvalue weighted by Crippen LogP contribution is 2.27. The molecule has 0 saturated heterocycles. The first-order valence-corrected chi connectivity index (χ1v) is 8.41. The second-order valence-electron chi connectivity index (χ2n) is 5.67. The maximum atomic E-state index is 13.0. The molecule has 0 aliphatic heterocycles. The summed E-state index contributed by atoms with van der Waals surface area (Å²) in [7, 11) is 1.53. The summed E-state index contributed by atoms with van der Waals surface area (Å²) in [5.41, 5.74) is 1.39. The van der Waals surface area contributed by atoms with Gasteiger partial charge in [-0.2, -0.15) is 0 Å². The predicted molar refractivity (Wildman–Crippen MR) is 99.1 cm³/mol. The number of hydrogen-bond acceptors (Lipinski definition) is 3. The highest BCUT2D eigenvalue weighted by atomic mass is 35.5. The second-order valence-corrected chi connectivity index (χ2v) is 6.08. The van der Waals surface area contributed by atoms with E-state index in [0.717, 1.165) is 5.56 Å². The molecule has 1 amide bonds. The van der Waals surface area contributed by atoms with E-state index in [2.05, 4.69) is 5.32 Å². The normalized spacial score (nSPS) is 10.6. The molecule has 0 bridgehead atoms. The summed E-state index contributed by atoms with van der Waals surface area (Å²) >= 11 is 6.04. The minimum atomic E-state index is -0.296. The predicted octanol–water partition coefficient (Wildman–Crippen LogP) is 5.32. The zero-order valence-electron chi connectivity index (χ0n) is 14.1. The van der Waals surface area contributed by atoms with Crippen LogP contribution in [-0.2, 0) is 11.2 Å². The van der Waals surface area contributed by atoms with E-state index in [1.807, 2.05) is 12.1 Å². The molecule has 1 aromatic heterocycles. The van der Waals surface area contributed by atoms with Gasteiger partial charge in [0, 0.05) is 24.1 Å². The number of amides is 1. The van der Waals surface area contributed by atoms with Crippen LogP contribution in [0.5, 0.6) is 5.75 Å². The van der Waals surface area contributed by atoms with Gasteiger partial charge >= 0.3 is 0 Å². The number of nitrogens with one attached hydrogen (secondary N) is 1. The summed E-state index contributed by atoms with van der Waals surface area (Å²) < 4.78 is 23.8. The molecule has 3 aromatic rings. The van der Waals surface area contributed by atoms with Crippen LogP contribution >= 0.6 is 11.6 Å². The molecule has 6 heteroatoms. The number of anilines is 1. The molecule has 0 radical (unpaired) electrons. The Bertz CT molecular complexity index is 906. The number of halogens is 2. The minimum absolute atomic E-state index is 0.147. The van der Waals surface area contributed by atoms with E-state index in [4.69, 9.17) is 20.8 Å². The number of carbonyl (C=O) groups excluding carboxylic acids is 1. The van der Waals surface area contributed by atoms with Gasteiger partial charge < -0.3 is 14.5 Å². The number of aryl methyl sites for hydroxylation is 1. The zero-order chi connectivity index (χ0) is 18.5. The van der Waals surface area contributed by atoms with Crippen molar-refractivity contribution in [2.45, 2.75) is 12.8 Å². The molecule has 4 nitrogen and oxygen atoms in total. The van der Waals surface area contributed by atoms with Crippen molar-refractivity contribution in [1.29, 1.82) is 0 Å². The van der Waals surface area contributed by atoms with Gasteiger partial charge in [-0.05, 0) is 54.6 Å². The molecule has 26 heavy (non-hydrogen) atoms. The van der Waals surface area contributed by atoms with Crippen molar-refractivity contribution in [3.05, 3.63) is 71.2 Å². The van der Waals surface area contributed by atoms with Crippen molar-refractivity contribution >= 4 is 23.2 Å². The number of carbonyl (C=O) groups is 1. The lowest BCUT2D eigenvalue weighted by Gasteiger charge is -2.07. The molecule has 0 saturated carbocycles. The molecule has 3 rings (SSSR count). The van der Waals surface area contributed by atoms with Gasteiger partial charge in [-0.3, -0.25) is 4.79 Å². The zero-order valence-corrected chi connectivity index (χ0v) is 14.8. The summed E-state index contributed by atoms with van der Waals surface area (Å²) in [5, 5.41) is 3.22. The number of hydrogen-bond donors (Lipinski definition) is 1. The second kappa shape index (κ2) is 8.06. The van der Waals surface area contributed by atoms with E-state index in [9.17, 15) is 9.18 Å². The van der Waals surface area contributed by atoms with Crippen LogP contribution in [-0.4, -0.2) is 13.0 Å². The Kier molecular flexibility index (Phi) is 5.58. The van der Waals surface area contributed by atoms with Crippen LogP contribution in [0.3, 0.4) is 0 Å². The van der Waals surface area contributed by atoms with Gasteiger partial charge in [-0.15, -0.1) is 0 Å². The monoisotopic (exact) mass is 373 g/mol. The first-order valence-electron chi connectivity index (χ1n) is 8.03. The number of rotatable bonds is 6. The molecule has 0 aliphatic rings. The van der Waals surface area contributed by atoms with Gasteiger partial charge in [-0.25, -0.2) is 4.39 Å². The summed E-state index contributed by atoms with van der Waals surface area (Å²) in [4.78, 5) is 12.1. The van der Waals surface area contributed by atoms with Crippen LogP contribution in [0.2, 0.25) is 5.02 Å². The van der Waals surface area contributed by atoms with Crippen molar-refractivity contribution in [1.82, 2.24) is 0 Å². The molecular formula is C20H17ClFNO3. The third kappa shape index (κ3) is 4.43. The van der Waals surface area contributed by atoms with Crippen LogP contribution in [0, 0.1) is 5.82 Å². The average Bonchev–Trinajstić information content (AvgIpc) is 3.10. The Morgan fingerprint density at radius 3 is 2.62 bits per heavy atom. The Balaban J connectivity index is 1.56. The molecule has 1 N–H and O–H groups in total. The van der Waals surface area contributed by atoms with Crippen LogP contribution < -0.4 is 10.1 Å². The molecule has 0 unspecified atom stereocenters. The summed E-state index contributed by atoms with van der Waals surface area (Å²) in [6.07, 6.45) is 0.719. The number of benzene rings is 2. The molecule has 134 valence electrons. The van der Waals surface area contributed by atoms with E-state index < -0.39 is 0 Å². The SMILES string of the molecule is COc1ccc(NC(=O)CCc2ccc(-c3ccc(F)cc3)o2)cc1Cl. The highest BCUT2D eigenvalue weighted by Gasteiger charge is 2.09. The standard InChI is InChI=1S/C20H17ClFNO3/c1-25-19-9-6-15(12-17(19)21)23-20(24)11-8-16-7-10-18(26-16)13-2-4-14(22)5-3-13/h2-7,9-10,12H,8,11H2,1H3,(H,23,24). The fourth-order valence-electron chi connectivity index (χ4n) is 2.49. The quantitative estimate of drug-likeness (QED) is 0.636. The van der Waals surface area contributed by atoms with Crippen molar-refractivity contribution < 1.29 is 18.3 Å². The number of methoxy groups -OCH3 is 1. The largest absolute Gasteiger partial charge is 0.495 e. The van der Waals surface area contributed by atoms with Crippen LogP contribution in [0.1, 0.15) is 12.2 Å². The fourth-order valence-corrected chi connectivity index (χ4v) is 2.74. The van der Waals surface area contributed by atoms with Gasteiger partial charge in [0.2, 0.25) is 5.91 Å². The molecule has 2 aromatic carbocycles. The molecule has 0 spiro atoms. The lowest BCUT2D eigenvalue weighted by Crippen LogP contribution is -2.12. The summed E-state index contributed by atoms with van der Waals surface area (Å²) in [6, 6.07) is 14.7. The lowest BCUT2D eigenvalue weighted by molar-refractivity contribution is -0.116. The number of ether oxygens (including phenoxy) is 1. The van der Waals surface area contributed by atoms with Crippen molar-refractivity contribution in [2.24, 2.45) is 0 Å². The van der Waals surface area contributed by atoms with Gasteiger partial charge in [0.05, 0.1) is 12.1 Å². The fraction of sp³-hybridized carbons (Fsp3) is 0.150. The van der Waals surface area contributed by atoms with E-state index in [1.54, 1.807) is 30.3 Å². The summed E-state index contributed by atoms with van der Waals surface area (Å²) in [5.74, 6) is 1.44. The Hall–Kier alpha value is -2.79. The van der Waals surface area contributed by atoms with Crippen molar-refractivity contribution in [2.75, 3.05) is 12.4 Å². The molecule has 0 fully saturated rings. The van der Waals surface area contributed by atoms with E-state index in [-0.39, 0.29) is 18.1 Å². The Labute approximate surface area is 155 Å². The summed E-state index contributed by atoms with van der Waals surface area (Å²) in [6.45, 7) is 0. The molecule has 0 atom stereocenters. The van der Waals surface area contributed by atoms with Gasteiger partial charge in [0.15, 0.2) is 0 Å². The van der Waals surface area contributed by atoms with Crippen LogP contribution in [0.25, 0.3) is 11.3 Å². The number of furan rings is 1. The van der Waals surface area contributed by atoms with Gasteiger partial charge in [0.1, 0.15) is 23.1 Å². The van der Waals surface area contributed by atoms with Crippen LogP contribution in [0.4, 0.5) is 10.1 Å². The molecular weight excluding hydrogens is 357 g/mol. The smallest absolute Gasteiger partial charge is 0.224 e. The first kappa shape index (κ1) is 18.0. The maximum absolute atomic E-state index is 13.0. The van der Waals surface area contributed by atoms with Gasteiger partial charge in [-0.1, -0.05) is 11.6 Å². The highest BCUT2D eigenvalue weighted by molar-refractivity contribution is 6.32. The van der Waals surface area contributed by atoms with Crippen molar-refractivity contribution in [3.8, 4) is 17.1 Å². The van der Waals surface area contributed by atoms with Crippen LogP contribution in [0.15, 0.2) is 59.0 Å². The maximum Gasteiger partial charge on any atom is 0.224 e. The van der Waals surface area contributed by atoms with Gasteiger partial charge in [0.25, 0.3) is 0 Å². The molecule has 1 heterocycles. The van der Waals surface area contributed by atoms with E-state index >= 15 is 0 Å². The molecule has 0 aliphatic carbocycles. The minimum Gasteiger partial charge on any atom is -0.495 e. The first-order chi connectivity index (χ1) is 12.5. The van der Waals surface area contributed by atoms with E-state index in [1.165, 1.54) is 19.2 Å². The topological polar surface area (TPSA) is 51.5 Å². The third-order valence-corrected chi connectivity index (χ3v) is 4.12. The lowest BCUT2D eigenvalue weighted by atomic mass is 10.2. The Morgan fingerprint density at radius 2 is 1.92 bits per heavy atom. The van der Waals surface area contributed by atoms with Crippen molar-refractivity contribution in [3.63, 3.8) is 0 Å². The third-order valence-electron chi connectivity index (χ3n) is 3.82.